The Morgan fingerprint density at radius 3 is 2.15 bits per heavy atom. The molecule has 1 unspecified atom stereocenters. The molecule has 3 heteroatoms. The maximum atomic E-state index is 5.90. The lowest BCUT2D eigenvalue weighted by Gasteiger charge is -2.39. The number of hydroxylamine groups is 1. The molecule has 3 nitrogen and oxygen atoms in total. The van der Waals surface area contributed by atoms with Crippen LogP contribution in [0.1, 0.15) is 26.7 Å². The van der Waals surface area contributed by atoms with Gasteiger partial charge in [-0.1, -0.05) is 13.8 Å². The molecule has 0 aromatic rings. The van der Waals surface area contributed by atoms with Gasteiger partial charge >= 0.3 is 0 Å². The molecule has 76 valence electrons. The van der Waals surface area contributed by atoms with Crippen molar-refractivity contribution in [3.8, 4) is 0 Å². The first-order chi connectivity index (χ1) is 6.24. The van der Waals surface area contributed by atoms with Crippen molar-refractivity contribution in [3.05, 3.63) is 0 Å². The SMILES string of the molecule is CONC1[C@@H](C)[C@H]2CC[C@H](O2)[C@H]1C. The first kappa shape index (κ1) is 9.44. The lowest BCUT2D eigenvalue weighted by molar-refractivity contribution is -0.108. The third kappa shape index (κ3) is 1.49. The molecule has 0 amide bonds. The molecule has 2 fully saturated rings. The zero-order valence-corrected chi connectivity index (χ0v) is 8.62. The minimum atomic E-state index is 0.453. The Hall–Kier alpha value is -0.120. The number of nitrogens with one attached hydrogen (secondary N) is 1. The van der Waals surface area contributed by atoms with Crippen LogP contribution in [-0.4, -0.2) is 25.4 Å². The summed E-state index contributed by atoms with van der Waals surface area (Å²) in [4.78, 5) is 5.04. The minimum Gasteiger partial charge on any atom is -0.374 e. The maximum Gasteiger partial charge on any atom is 0.0621 e. The zero-order valence-electron chi connectivity index (χ0n) is 8.62. The van der Waals surface area contributed by atoms with Crippen molar-refractivity contribution in [3.63, 3.8) is 0 Å². The summed E-state index contributed by atoms with van der Waals surface area (Å²) in [7, 11) is 1.69. The van der Waals surface area contributed by atoms with Crippen LogP contribution in [0.15, 0.2) is 0 Å². The summed E-state index contributed by atoms with van der Waals surface area (Å²) < 4.78 is 5.90. The Bertz CT molecular complexity index is 170. The fourth-order valence-corrected chi connectivity index (χ4v) is 2.75. The van der Waals surface area contributed by atoms with Crippen LogP contribution in [0.3, 0.4) is 0 Å². The molecular weight excluding hydrogens is 166 g/mol. The van der Waals surface area contributed by atoms with Crippen molar-refractivity contribution in [2.75, 3.05) is 7.11 Å². The molecule has 0 spiro atoms. The average Bonchev–Trinajstić information content (AvgIpc) is 2.56. The van der Waals surface area contributed by atoms with E-state index < -0.39 is 0 Å². The molecule has 0 aromatic heterocycles. The van der Waals surface area contributed by atoms with E-state index in [1.807, 2.05) is 0 Å². The zero-order chi connectivity index (χ0) is 9.42. The summed E-state index contributed by atoms with van der Waals surface area (Å²) in [6.07, 6.45) is 3.35. The lowest BCUT2D eigenvalue weighted by Crippen LogP contribution is -2.51. The minimum absolute atomic E-state index is 0.453. The van der Waals surface area contributed by atoms with Crippen LogP contribution in [-0.2, 0) is 9.57 Å². The highest BCUT2D eigenvalue weighted by Crippen LogP contribution is 2.39. The Morgan fingerprint density at radius 1 is 1.15 bits per heavy atom. The van der Waals surface area contributed by atoms with E-state index >= 15 is 0 Å². The van der Waals surface area contributed by atoms with Gasteiger partial charge in [0.15, 0.2) is 0 Å². The number of ether oxygens (including phenoxy) is 1. The van der Waals surface area contributed by atoms with Gasteiger partial charge in [0, 0.05) is 17.9 Å². The molecule has 2 aliphatic heterocycles. The monoisotopic (exact) mass is 185 g/mol. The smallest absolute Gasteiger partial charge is 0.0621 e. The highest BCUT2D eigenvalue weighted by molar-refractivity contribution is 4.95. The second-order valence-electron chi connectivity index (χ2n) is 4.36. The summed E-state index contributed by atoms with van der Waals surface area (Å²) in [5.41, 5.74) is 3.10. The van der Waals surface area contributed by atoms with Gasteiger partial charge in [0.2, 0.25) is 0 Å². The Kier molecular flexibility index (Phi) is 2.58. The van der Waals surface area contributed by atoms with Gasteiger partial charge < -0.3 is 9.57 Å². The predicted molar refractivity (Wildman–Crippen MR) is 50.2 cm³/mol. The number of rotatable bonds is 2. The molecule has 2 rings (SSSR count). The van der Waals surface area contributed by atoms with Crippen molar-refractivity contribution in [1.82, 2.24) is 5.48 Å². The topological polar surface area (TPSA) is 30.5 Å². The van der Waals surface area contributed by atoms with E-state index in [-0.39, 0.29) is 0 Å². The lowest BCUT2D eigenvalue weighted by atomic mass is 9.85. The van der Waals surface area contributed by atoms with Crippen LogP contribution in [0, 0.1) is 11.8 Å². The molecule has 2 saturated heterocycles. The Morgan fingerprint density at radius 2 is 1.69 bits per heavy atom. The van der Waals surface area contributed by atoms with Crippen LogP contribution in [0.5, 0.6) is 0 Å². The van der Waals surface area contributed by atoms with Gasteiger partial charge in [-0.2, -0.15) is 5.48 Å². The van der Waals surface area contributed by atoms with E-state index in [1.165, 1.54) is 12.8 Å². The molecule has 2 aliphatic rings. The fourth-order valence-electron chi connectivity index (χ4n) is 2.75. The normalized spacial score (nSPS) is 49.6. The maximum absolute atomic E-state index is 5.90. The van der Waals surface area contributed by atoms with Crippen molar-refractivity contribution < 1.29 is 9.57 Å². The quantitative estimate of drug-likeness (QED) is 0.658. The predicted octanol–water partition coefficient (Wildman–Crippen LogP) is 1.34. The van der Waals surface area contributed by atoms with Crippen molar-refractivity contribution in [2.45, 2.75) is 44.9 Å². The summed E-state index contributed by atoms with van der Waals surface area (Å²) in [6, 6.07) is 0.455. The molecule has 1 N–H and O–H groups in total. The fraction of sp³-hybridized carbons (Fsp3) is 1.00. The van der Waals surface area contributed by atoms with Gasteiger partial charge in [0.05, 0.1) is 19.3 Å². The molecule has 13 heavy (non-hydrogen) atoms. The van der Waals surface area contributed by atoms with E-state index in [9.17, 15) is 0 Å². The van der Waals surface area contributed by atoms with Gasteiger partial charge in [0.25, 0.3) is 0 Å². The highest BCUT2D eigenvalue weighted by Gasteiger charge is 2.45. The summed E-state index contributed by atoms with van der Waals surface area (Å²) >= 11 is 0. The molecular formula is C10H19NO2. The van der Waals surface area contributed by atoms with Gasteiger partial charge in [-0.25, -0.2) is 0 Å². The molecule has 0 radical (unpaired) electrons. The van der Waals surface area contributed by atoms with E-state index in [4.69, 9.17) is 9.57 Å². The second kappa shape index (κ2) is 3.56. The van der Waals surface area contributed by atoms with E-state index in [0.29, 0.717) is 30.1 Å². The average molecular weight is 185 g/mol. The molecule has 2 bridgehead atoms. The largest absolute Gasteiger partial charge is 0.374 e. The number of hydrogen-bond donors (Lipinski definition) is 1. The molecule has 0 saturated carbocycles. The first-order valence-electron chi connectivity index (χ1n) is 5.18. The number of fused-ring (bicyclic) bond motifs is 2. The van der Waals surface area contributed by atoms with Crippen molar-refractivity contribution in [2.24, 2.45) is 11.8 Å². The summed E-state index contributed by atoms with van der Waals surface area (Å²) in [6.45, 7) is 4.50. The summed E-state index contributed by atoms with van der Waals surface area (Å²) in [5, 5.41) is 0. The third-order valence-corrected chi connectivity index (χ3v) is 3.64. The molecule has 0 aromatic carbocycles. The first-order valence-corrected chi connectivity index (χ1v) is 5.18. The van der Waals surface area contributed by atoms with Crippen molar-refractivity contribution in [1.29, 1.82) is 0 Å². The molecule has 5 atom stereocenters. The van der Waals surface area contributed by atoms with E-state index in [2.05, 4.69) is 19.3 Å². The Balaban J connectivity index is 2.08. The van der Waals surface area contributed by atoms with Gasteiger partial charge in [-0.05, 0) is 12.8 Å². The highest BCUT2D eigenvalue weighted by atomic mass is 16.6. The summed E-state index contributed by atoms with van der Waals surface area (Å²) in [5.74, 6) is 1.13. The van der Waals surface area contributed by atoms with Gasteiger partial charge in [-0.3, -0.25) is 0 Å². The van der Waals surface area contributed by atoms with E-state index in [1.54, 1.807) is 7.11 Å². The second-order valence-corrected chi connectivity index (χ2v) is 4.36. The van der Waals surface area contributed by atoms with Crippen LogP contribution in [0.2, 0.25) is 0 Å². The van der Waals surface area contributed by atoms with Crippen LogP contribution in [0.25, 0.3) is 0 Å². The third-order valence-electron chi connectivity index (χ3n) is 3.64. The van der Waals surface area contributed by atoms with Gasteiger partial charge in [-0.15, -0.1) is 0 Å². The van der Waals surface area contributed by atoms with Crippen LogP contribution >= 0.6 is 0 Å². The number of hydrogen-bond acceptors (Lipinski definition) is 3. The van der Waals surface area contributed by atoms with Crippen LogP contribution < -0.4 is 5.48 Å². The van der Waals surface area contributed by atoms with Crippen LogP contribution in [0.4, 0.5) is 0 Å². The Labute approximate surface area is 79.7 Å². The molecule has 0 aliphatic carbocycles. The van der Waals surface area contributed by atoms with Gasteiger partial charge in [0.1, 0.15) is 0 Å². The molecule has 2 heterocycles. The van der Waals surface area contributed by atoms with E-state index in [0.717, 1.165) is 0 Å². The van der Waals surface area contributed by atoms with Crippen molar-refractivity contribution >= 4 is 0 Å². The standard InChI is InChI=1S/C10H19NO2/c1-6-8-4-5-9(13-8)7(2)10(6)11-12-3/h6-11H,4-5H2,1-3H3/t6-,7+,8+,9-,10?.